The maximum Gasteiger partial charge on any atom is 0.251 e. The second-order valence-electron chi connectivity index (χ2n) is 5.26. The molecule has 0 radical (unpaired) electrons. The van der Waals surface area contributed by atoms with Gasteiger partial charge in [-0.05, 0) is 38.1 Å². The van der Waals surface area contributed by atoms with Gasteiger partial charge in [-0.25, -0.2) is 4.98 Å². The highest BCUT2D eigenvalue weighted by molar-refractivity contribution is 5.94. The van der Waals surface area contributed by atoms with Crippen molar-refractivity contribution in [1.29, 1.82) is 0 Å². The summed E-state index contributed by atoms with van der Waals surface area (Å²) in [6.45, 7) is 4.87. The summed E-state index contributed by atoms with van der Waals surface area (Å²) < 4.78 is 2.14. The van der Waals surface area contributed by atoms with Crippen molar-refractivity contribution in [3.05, 3.63) is 66.0 Å². The number of carbonyl (C=O) groups excluding carboxylic acids is 1. The summed E-state index contributed by atoms with van der Waals surface area (Å²) in [4.78, 5) is 17.0. The van der Waals surface area contributed by atoms with Crippen LogP contribution < -0.4 is 5.32 Å². The second-order valence-corrected chi connectivity index (χ2v) is 5.26. The van der Waals surface area contributed by atoms with Crippen molar-refractivity contribution >= 4 is 16.9 Å². The van der Waals surface area contributed by atoms with Gasteiger partial charge in [-0.1, -0.05) is 30.3 Å². The number of aryl methyl sites for hydroxylation is 1. The van der Waals surface area contributed by atoms with E-state index in [-0.39, 0.29) is 11.9 Å². The molecule has 0 spiro atoms. The standard InChI is InChI=1S/C18H19N3O/c1-3-21-16-12-8-7-11-15(16)20-17(21)13(2)19-18(22)14-9-5-4-6-10-14/h4-13H,3H2,1-2H3,(H,19,22)/t13-/m1/s1. The fourth-order valence-corrected chi connectivity index (χ4v) is 2.69. The van der Waals surface area contributed by atoms with Crippen molar-refractivity contribution in [1.82, 2.24) is 14.9 Å². The van der Waals surface area contributed by atoms with Crippen molar-refractivity contribution in [2.24, 2.45) is 0 Å². The van der Waals surface area contributed by atoms with Crippen molar-refractivity contribution in [2.75, 3.05) is 0 Å². The lowest BCUT2D eigenvalue weighted by Gasteiger charge is -2.15. The zero-order chi connectivity index (χ0) is 15.5. The quantitative estimate of drug-likeness (QED) is 0.799. The molecule has 1 atom stereocenters. The number of imidazole rings is 1. The predicted molar refractivity (Wildman–Crippen MR) is 87.7 cm³/mol. The fourth-order valence-electron chi connectivity index (χ4n) is 2.69. The third kappa shape index (κ3) is 2.60. The third-order valence-electron chi connectivity index (χ3n) is 3.77. The van der Waals surface area contributed by atoms with Crippen molar-refractivity contribution < 1.29 is 4.79 Å². The van der Waals surface area contributed by atoms with E-state index >= 15 is 0 Å². The molecule has 3 aromatic rings. The molecule has 2 aromatic carbocycles. The number of fused-ring (bicyclic) bond motifs is 1. The Morgan fingerprint density at radius 3 is 2.55 bits per heavy atom. The molecular formula is C18H19N3O. The van der Waals surface area contributed by atoms with Crippen LogP contribution in [0, 0.1) is 0 Å². The van der Waals surface area contributed by atoms with E-state index < -0.39 is 0 Å². The second kappa shape index (κ2) is 6.02. The Morgan fingerprint density at radius 2 is 1.82 bits per heavy atom. The van der Waals surface area contributed by atoms with E-state index in [2.05, 4.69) is 27.9 Å². The molecule has 0 saturated carbocycles. The van der Waals surface area contributed by atoms with Gasteiger partial charge in [0, 0.05) is 12.1 Å². The fraction of sp³-hybridized carbons (Fsp3) is 0.222. The minimum atomic E-state index is -0.153. The zero-order valence-electron chi connectivity index (χ0n) is 12.8. The zero-order valence-corrected chi connectivity index (χ0v) is 12.8. The molecule has 1 heterocycles. The largest absolute Gasteiger partial charge is 0.342 e. The van der Waals surface area contributed by atoms with Gasteiger partial charge >= 0.3 is 0 Å². The smallest absolute Gasteiger partial charge is 0.251 e. The van der Waals surface area contributed by atoms with Gasteiger partial charge in [0.25, 0.3) is 5.91 Å². The molecule has 0 aliphatic heterocycles. The van der Waals surface area contributed by atoms with E-state index in [4.69, 9.17) is 0 Å². The number of hydrogen-bond donors (Lipinski definition) is 1. The normalized spacial score (nSPS) is 12.3. The van der Waals surface area contributed by atoms with Gasteiger partial charge in [-0.2, -0.15) is 0 Å². The Bertz CT molecular complexity index is 792. The van der Waals surface area contributed by atoms with Crippen molar-refractivity contribution in [3.8, 4) is 0 Å². The Balaban J connectivity index is 1.89. The van der Waals surface area contributed by atoms with Gasteiger partial charge < -0.3 is 9.88 Å². The van der Waals surface area contributed by atoms with Crippen LogP contribution in [0.1, 0.15) is 36.1 Å². The molecule has 4 nitrogen and oxygen atoms in total. The maximum absolute atomic E-state index is 12.3. The molecule has 0 saturated heterocycles. The van der Waals surface area contributed by atoms with Crippen LogP contribution >= 0.6 is 0 Å². The molecule has 112 valence electrons. The Hall–Kier alpha value is -2.62. The molecule has 1 N–H and O–H groups in total. The number of hydrogen-bond acceptors (Lipinski definition) is 2. The first kappa shape index (κ1) is 14.3. The van der Waals surface area contributed by atoms with Crippen LogP contribution in [-0.4, -0.2) is 15.5 Å². The molecule has 0 aliphatic rings. The molecule has 1 amide bonds. The summed E-state index contributed by atoms with van der Waals surface area (Å²) in [5, 5.41) is 3.03. The molecule has 3 rings (SSSR count). The number of nitrogens with zero attached hydrogens (tertiary/aromatic N) is 2. The topological polar surface area (TPSA) is 46.9 Å². The first-order valence-corrected chi connectivity index (χ1v) is 7.51. The SMILES string of the molecule is CCn1c([C@@H](C)NC(=O)c2ccccc2)nc2ccccc21. The lowest BCUT2D eigenvalue weighted by Crippen LogP contribution is -2.28. The Morgan fingerprint density at radius 1 is 1.14 bits per heavy atom. The summed E-state index contributed by atoms with van der Waals surface area (Å²) in [6, 6.07) is 17.1. The van der Waals surface area contributed by atoms with E-state index in [1.807, 2.05) is 55.5 Å². The summed E-state index contributed by atoms with van der Waals surface area (Å²) in [7, 11) is 0. The van der Waals surface area contributed by atoms with Crippen LogP contribution in [0.15, 0.2) is 54.6 Å². The van der Waals surface area contributed by atoms with Gasteiger partial charge in [0.15, 0.2) is 0 Å². The molecule has 0 fully saturated rings. The van der Waals surface area contributed by atoms with Crippen LogP contribution in [0.3, 0.4) is 0 Å². The Labute approximate surface area is 129 Å². The monoisotopic (exact) mass is 293 g/mol. The van der Waals surface area contributed by atoms with Gasteiger partial charge in [0.05, 0.1) is 17.1 Å². The highest BCUT2D eigenvalue weighted by Crippen LogP contribution is 2.20. The highest BCUT2D eigenvalue weighted by Gasteiger charge is 2.18. The van der Waals surface area contributed by atoms with Gasteiger partial charge in [-0.3, -0.25) is 4.79 Å². The van der Waals surface area contributed by atoms with Crippen LogP contribution in [-0.2, 0) is 6.54 Å². The molecule has 4 heteroatoms. The molecule has 0 unspecified atom stereocenters. The van der Waals surface area contributed by atoms with Crippen LogP contribution in [0.4, 0.5) is 0 Å². The number of para-hydroxylation sites is 2. The lowest BCUT2D eigenvalue weighted by molar-refractivity contribution is 0.0937. The molecule has 0 aliphatic carbocycles. The number of rotatable bonds is 4. The van der Waals surface area contributed by atoms with Crippen molar-refractivity contribution in [3.63, 3.8) is 0 Å². The van der Waals surface area contributed by atoms with Crippen LogP contribution in [0.5, 0.6) is 0 Å². The van der Waals surface area contributed by atoms with Gasteiger partial charge in [0.2, 0.25) is 0 Å². The summed E-state index contributed by atoms with van der Waals surface area (Å²) in [5.41, 5.74) is 2.72. The van der Waals surface area contributed by atoms with Crippen molar-refractivity contribution in [2.45, 2.75) is 26.4 Å². The average Bonchev–Trinajstić information content (AvgIpc) is 2.94. The van der Waals surface area contributed by atoms with E-state index in [1.165, 1.54) is 0 Å². The minimum Gasteiger partial charge on any atom is -0.342 e. The Kier molecular flexibility index (Phi) is 3.92. The molecular weight excluding hydrogens is 274 g/mol. The first-order valence-electron chi connectivity index (χ1n) is 7.51. The van der Waals surface area contributed by atoms with E-state index in [0.29, 0.717) is 5.56 Å². The van der Waals surface area contributed by atoms with E-state index in [1.54, 1.807) is 0 Å². The highest BCUT2D eigenvalue weighted by atomic mass is 16.1. The lowest BCUT2D eigenvalue weighted by atomic mass is 10.2. The predicted octanol–water partition coefficient (Wildman–Crippen LogP) is 3.55. The number of carbonyl (C=O) groups is 1. The van der Waals surface area contributed by atoms with Gasteiger partial charge in [-0.15, -0.1) is 0 Å². The maximum atomic E-state index is 12.3. The number of benzene rings is 2. The minimum absolute atomic E-state index is 0.0807. The molecule has 0 bridgehead atoms. The van der Waals surface area contributed by atoms with Gasteiger partial charge in [0.1, 0.15) is 5.82 Å². The number of amides is 1. The number of aromatic nitrogens is 2. The molecule has 22 heavy (non-hydrogen) atoms. The van der Waals surface area contributed by atoms with E-state index in [9.17, 15) is 4.79 Å². The van der Waals surface area contributed by atoms with E-state index in [0.717, 1.165) is 23.4 Å². The average molecular weight is 293 g/mol. The number of nitrogens with one attached hydrogen (secondary N) is 1. The summed E-state index contributed by atoms with van der Waals surface area (Å²) in [5.74, 6) is 0.802. The summed E-state index contributed by atoms with van der Waals surface area (Å²) in [6.07, 6.45) is 0. The molecule has 1 aromatic heterocycles. The third-order valence-corrected chi connectivity index (χ3v) is 3.77. The first-order chi connectivity index (χ1) is 10.7. The van der Waals surface area contributed by atoms with Crippen LogP contribution in [0.25, 0.3) is 11.0 Å². The summed E-state index contributed by atoms with van der Waals surface area (Å²) >= 11 is 0. The van der Waals surface area contributed by atoms with Crippen LogP contribution in [0.2, 0.25) is 0 Å².